The topological polar surface area (TPSA) is 122 Å². The SMILES string of the molecule is C.CN.CNC(N)=O.N=C=O. The van der Waals surface area contributed by atoms with Gasteiger partial charge < -0.3 is 16.8 Å². The number of hydrogen-bond acceptors (Lipinski definition) is 4. The van der Waals surface area contributed by atoms with E-state index in [4.69, 9.17) is 10.2 Å². The number of isocyanates is 1. The Balaban J connectivity index is -0.0000000360. The number of carbonyl (C=O) groups excluding carboxylic acids is 2. The molecule has 2 amide bonds. The third-order valence-corrected chi connectivity index (χ3v) is 0.246. The highest BCUT2D eigenvalue weighted by molar-refractivity contribution is 5.71. The van der Waals surface area contributed by atoms with Crippen molar-refractivity contribution in [2.24, 2.45) is 11.5 Å². The van der Waals surface area contributed by atoms with E-state index in [9.17, 15) is 4.79 Å². The van der Waals surface area contributed by atoms with Crippen LogP contribution < -0.4 is 16.8 Å². The first kappa shape index (κ1) is 22.6. The fraction of sp³-hybridized carbons (Fsp3) is 0.600. The molecule has 6 heteroatoms. The summed E-state index contributed by atoms with van der Waals surface area (Å²) < 4.78 is 0. The minimum atomic E-state index is -0.495. The molecule has 0 aliphatic carbocycles. The molecule has 0 spiro atoms. The molecule has 0 bridgehead atoms. The Hall–Kier alpha value is -1.39. The zero-order valence-electron chi connectivity index (χ0n) is 5.97. The lowest BCUT2D eigenvalue weighted by Gasteiger charge is -1.80. The van der Waals surface area contributed by atoms with Gasteiger partial charge in [-0.15, -0.1) is 0 Å². The van der Waals surface area contributed by atoms with E-state index in [2.05, 4.69) is 16.8 Å². The molecular weight excluding hydrogens is 148 g/mol. The van der Waals surface area contributed by atoms with E-state index in [1.165, 1.54) is 14.1 Å². The minimum Gasteiger partial charge on any atom is -0.352 e. The van der Waals surface area contributed by atoms with Crippen LogP contribution in [0.15, 0.2) is 0 Å². The highest BCUT2D eigenvalue weighted by Gasteiger charge is 1.72. The molecular formula is C5H16N4O2. The van der Waals surface area contributed by atoms with Crippen LogP contribution in [0, 0.1) is 5.41 Å². The summed E-state index contributed by atoms with van der Waals surface area (Å²) >= 11 is 0. The van der Waals surface area contributed by atoms with Crippen molar-refractivity contribution in [3.63, 3.8) is 0 Å². The van der Waals surface area contributed by atoms with E-state index < -0.39 is 6.03 Å². The molecule has 68 valence electrons. The van der Waals surface area contributed by atoms with Gasteiger partial charge in [0, 0.05) is 7.05 Å². The van der Waals surface area contributed by atoms with Gasteiger partial charge in [-0.1, -0.05) is 7.43 Å². The smallest absolute Gasteiger partial charge is 0.311 e. The van der Waals surface area contributed by atoms with Crippen LogP contribution in [-0.4, -0.2) is 26.2 Å². The number of nitrogens with one attached hydrogen (secondary N) is 2. The third kappa shape index (κ3) is 1010. The summed E-state index contributed by atoms with van der Waals surface area (Å²) in [6, 6.07) is -0.495. The van der Waals surface area contributed by atoms with Crippen LogP contribution in [0.1, 0.15) is 7.43 Å². The van der Waals surface area contributed by atoms with Crippen molar-refractivity contribution in [2.45, 2.75) is 7.43 Å². The molecule has 0 saturated heterocycles. The first-order chi connectivity index (χ1) is 4.68. The van der Waals surface area contributed by atoms with E-state index >= 15 is 0 Å². The molecule has 0 unspecified atom stereocenters. The maximum atomic E-state index is 9.48. The Morgan fingerprint density at radius 1 is 1.55 bits per heavy atom. The first-order valence-corrected chi connectivity index (χ1v) is 2.27. The van der Waals surface area contributed by atoms with Gasteiger partial charge in [-0.05, 0) is 7.05 Å². The monoisotopic (exact) mass is 164 g/mol. The Labute approximate surface area is 66.5 Å². The van der Waals surface area contributed by atoms with Crippen molar-refractivity contribution in [3.05, 3.63) is 0 Å². The summed E-state index contributed by atoms with van der Waals surface area (Å²) in [6.45, 7) is 0. The zero-order chi connectivity index (χ0) is 8.99. The fourth-order valence-electron chi connectivity index (χ4n) is 0. The van der Waals surface area contributed by atoms with Gasteiger partial charge in [0.05, 0.1) is 0 Å². The molecule has 0 aliphatic heterocycles. The molecule has 0 heterocycles. The summed E-state index contributed by atoms with van der Waals surface area (Å²) in [5, 5.41) is 7.57. The first-order valence-electron chi connectivity index (χ1n) is 2.27. The van der Waals surface area contributed by atoms with Crippen LogP contribution in [0.3, 0.4) is 0 Å². The molecule has 6 nitrogen and oxygen atoms in total. The zero-order valence-corrected chi connectivity index (χ0v) is 5.97. The lowest BCUT2D eigenvalue weighted by atomic mass is 11.1. The molecule has 6 N–H and O–H groups in total. The maximum Gasteiger partial charge on any atom is 0.311 e. The summed E-state index contributed by atoms with van der Waals surface area (Å²) in [6.07, 6.45) is 0.750. The number of urea groups is 1. The summed E-state index contributed by atoms with van der Waals surface area (Å²) in [5.74, 6) is 0. The molecule has 0 saturated carbocycles. The van der Waals surface area contributed by atoms with Gasteiger partial charge in [-0.3, -0.25) is 0 Å². The quantitative estimate of drug-likeness (QED) is 0.282. The number of rotatable bonds is 0. The highest BCUT2D eigenvalue weighted by Crippen LogP contribution is 1.38. The van der Waals surface area contributed by atoms with E-state index in [1.807, 2.05) is 0 Å². The van der Waals surface area contributed by atoms with Crippen molar-refractivity contribution in [2.75, 3.05) is 14.1 Å². The van der Waals surface area contributed by atoms with Gasteiger partial charge in [0.1, 0.15) is 0 Å². The Morgan fingerprint density at radius 3 is 1.64 bits per heavy atom. The number of hydrogen-bond donors (Lipinski definition) is 4. The fourth-order valence-corrected chi connectivity index (χ4v) is 0. The lowest BCUT2D eigenvalue weighted by molar-refractivity contribution is 0.251. The number of nitrogens with two attached hydrogens (primary N) is 2. The molecule has 0 aromatic heterocycles. The molecule has 11 heavy (non-hydrogen) atoms. The summed E-state index contributed by atoms with van der Waals surface area (Å²) in [4.78, 5) is 17.8. The van der Waals surface area contributed by atoms with Crippen molar-refractivity contribution in [1.29, 1.82) is 5.41 Å². The van der Waals surface area contributed by atoms with Crippen molar-refractivity contribution < 1.29 is 9.59 Å². The molecule has 0 rings (SSSR count). The predicted octanol–water partition coefficient (Wildman–Crippen LogP) is -0.604. The number of amides is 2. The average Bonchev–Trinajstić information content (AvgIpc) is 1.94. The van der Waals surface area contributed by atoms with Crippen LogP contribution in [-0.2, 0) is 4.79 Å². The Morgan fingerprint density at radius 2 is 1.64 bits per heavy atom. The lowest BCUT2D eigenvalue weighted by Crippen LogP contribution is -2.24. The van der Waals surface area contributed by atoms with Crippen LogP contribution in [0.5, 0.6) is 0 Å². The molecule has 0 aromatic carbocycles. The normalized spacial score (nSPS) is 4.27. The Bertz CT molecular complexity index is 98.7. The van der Waals surface area contributed by atoms with Gasteiger partial charge in [-0.25, -0.2) is 15.0 Å². The highest BCUT2D eigenvalue weighted by atomic mass is 16.2. The van der Waals surface area contributed by atoms with E-state index in [0.29, 0.717) is 0 Å². The standard InChI is InChI=1S/C2H6N2O.CHNO.CH5N.CH4/c1-4-2(3)5;2-1-3;1-2;/h1H3,(H3,3,4,5);2H;2H2,1H3;1H4. The second-order valence-electron chi connectivity index (χ2n) is 0.716. The van der Waals surface area contributed by atoms with Crippen molar-refractivity contribution in [3.8, 4) is 0 Å². The molecule has 0 atom stereocenters. The maximum absolute atomic E-state index is 9.48. The van der Waals surface area contributed by atoms with E-state index in [-0.39, 0.29) is 7.43 Å². The molecule has 0 radical (unpaired) electrons. The number of primary amides is 1. The Kier molecular flexibility index (Phi) is 78.7. The van der Waals surface area contributed by atoms with Crippen molar-refractivity contribution >= 4 is 12.1 Å². The van der Waals surface area contributed by atoms with Crippen LogP contribution >= 0.6 is 0 Å². The number of carbonyl (C=O) groups is 1. The van der Waals surface area contributed by atoms with Crippen LogP contribution in [0.4, 0.5) is 4.79 Å². The van der Waals surface area contributed by atoms with Gasteiger partial charge in [0.15, 0.2) is 0 Å². The van der Waals surface area contributed by atoms with Gasteiger partial charge >= 0.3 is 6.03 Å². The average molecular weight is 164 g/mol. The third-order valence-electron chi connectivity index (χ3n) is 0.246. The van der Waals surface area contributed by atoms with Crippen LogP contribution in [0.25, 0.3) is 0 Å². The van der Waals surface area contributed by atoms with Gasteiger partial charge in [0.25, 0.3) is 0 Å². The molecule has 0 aromatic rings. The van der Waals surface area contributed by atoms with Gasteiger partial charge in [0.2, 0.25) is 6.08 Å². The van der Waals surface area contributed by atoms with Crippen molar-refractivity contribution in [1.82, 2.24) is 5.32 Å². The predicted molar refractivity (Wildman–Crippen MR) is 43.9 cm³/mol. The van der Waals surface area contributed by atoms with E-state index in [0.717, 1.165) is 6.08 Å². The van der Waals surface area contributed by atoms with Crippen LogP contribution in [0.2, 0.25) is 0 Å². The summed E-state index contributed by atoms with van der Waals surface area (Å²) in [7, 11) is 2.97. The minimum absolute atomic E-state index is 0. The second kappa shape index (κ2) is 38.3. The molecule has 0 aliphatic rings. The second-order valence-corrected chi connectivity index (χ2v) is 0.716. The molecule has 0 fully saturated rings. The van der Waals surface area contributed by atoms with E-state index in [1.54, 1.807) is 0 Å². The largest absolute Gasteiger partial charge is 0.352 e. The van der Waals surface area contributed by atoms with Gasteiger partial charge in [-0.2, -0.15) is 0 Å². The summed E-state index contributed by atoms with van der Waals surface area (Å²) in [5.41, 5.74) is 9.04.